The van der Waals surface area contributed by atoms with E-state index in [2.05, 4.69) is 17.4 Å². The number of para-hydroxylation sites is 1. The quantitative estimate of drug-likeness (QED) is 0.463. The van der Waals surface area contributed by atoms with Crippen molar-refractivity contribution in [2.45, 2.75) is 10.6 Å². The summed E-state index contributed by atoms with van der Waals surface area (Å²) < 4.78 is 0. The number of rotatable bonds is 6. The molecule has 0 spiro atoms. The van der Waals surface area contributed by atoms with Gasteiger partial charge in [-0.05, 0) is 29.3 Å². The second-order valence-corrected chi connectivity index (χ2v) is 6.52. The number of nitrogens with one attached hydrogen (secondary N) is 1. The first-order valence-corrected chi connectivity index (χ1v) is 9.10. The molecule has 2 nitrogen and oxygen atoms in total. The van der Waals surface area contributed by atoms with Crippen LogP contribution in [0.2, 0.25) is 0 Å². The van der Waals surface area contributed by atoms with E-state index in [1.54, 1.807) is 17.8 Å². The summed E-state index contributed by atoms with van der Waals surface area (Å²) in [5.41, 5.74) is 3.10. The first-order valence-electron chi connectivity index (χ1n) is 8.11. The van der Waals surface area contributed by atoms with Crippen LogP contribution in [-0.2, 0) is 10.5 Å². The van der Waals surface area contributed by atoms with Crippen molar-refractivity contribution in [1.29, 1.82) is 0 Å². The number of carbonyl (C=O) groups is 1. The Labute approximate surface area is 152 Å². The molecule has 1 N–H and O–H groups in total. The molecule has 3 aromatic rings. The predicted octanol–water partition coefficient (Wildman–Crippen LogP) is 5.63. The van der Waals surface area contributed by atoms with Crippen molar-refractivity contribution in [3.05, 3.63) is 102 Å². The molecule has 0 fully saturated rings. The molecular weight excluding hydrogens is 326 g/mol. The van der Waals surface area contributed by atoms with Gasteiger partial charge in [-0.15, -0.1) is 11.8 Å². The SMILES string of the molecule is O=C(/C=C/c1ccccc1)Nc1ccccc1SCc1ccccc1. The largest absolute Gasteiger partial charge is 0.321 e. The van der Waals surface area contributed by atoms with Gasteiger partial charge in [-0.2, -0.15) is 0 Å². The lowest BCUT2D eigenvalue weighted by atomic mass is 10.2. The number of thioether (sulfide) groups is 1. The molecule has 0 aromatic heterocycles. The lowest BCUT2D eigenvalue weighted by molar-refractivity contribution is -0.111. The zero-order chi connectivity index (χ0) is 17.3. The Balaban J connectivity index is 1.64. The Kier molecular flexibility index (Phi) is 6.07. The molecular formula is C22H19NOS. The fourth-order valence-electron chi connectivity index (χ4n) is 2.34. The molecule has 0 bridgehead atoms. The summed E-state index contributed by atoms with van der Waals surface area (Å²) in [6.07, 6.45) is 3.38. The van der Waals surface area contributed by atoms with Crippen LogP contribution >= 0.6 is 11.8 Å². The highest BCUT2D eigenvalue weighted by atomic mass is 32.2. The monoisotopic (exact) mass is 345 g/mol. The van der Waals surface area contributed by atoms with Gasteiger partial charge in [0.05, 0.1) is 5.69 Å². The summed E-state index contributed by atoms with van der Waals surface area (Å²) >= 11 is 1.72. The number of hydrogen-bond acceptors (Lipinski definition) is 2. The minimum atomic E-state index is -0.128. The maximum absolute atomic E-state index is 12.2. The van der Waals surface area contributed by atoms with E-state index in [0.717, 1.165) is 21.9 Å². The molecule has 0 saturated carbocycles. The smallest absolute Gasteiger partial charge is 0.248 e. The van der Waals surface area contributed by atoms with Crippen molar-refractivity contribution in [2.75, 3.05) is 5.32 Å². The van der Waals surface area contributed by atoms with Crippen molar-refractivity contribution in [2.24, 2.45) is 0 Å². The number of carbonyl (C=O) groups excluding carboxylic acids is 1. The van der Waals surface area contributed by atoms with Crippen LogP contribution in [0.3, 0.4) is 0 Å². The number of hydrogen-bond donors (Lipinski definition) is 1. The Bertz CT molecular complexity index is 844. The van der Waals surface area contributed by atoms with Gasteiger partial charge in [-0.3, -0.25) is 4.79 Å². The van der Waals surface area contributed by atoms with E-state index in [4.69, 9.17) is 0 Å². The van der Waals surface area contributed by atoms with Gasteiger partial charge in [-0.25, -0.2) is 0 Å². The highest BCUT2D eigenvalue weighted by molar-refractivity contribution is 7.98. The minimum Gasteiger partial charge on any atom is -0.321 e. The van der Waals surface area contributed by atoms with Crippen LogP contribution in [0.4, 0.5) is 5.69 Å². The van der Waals surface area contributed by atoms with Gasteiger partial charge >= 0.3 is 0 Å². The fraction of sp³-hybridized carbons (Fsp3) is 0.0455. The average molecular weight is 345 g/mol. The highest BCUT2D eigenvalue weighted by Crippen LogP contribution is 2.29. The van der Waals surface area contributed by atoms with Crippen LogP contribution in [0, 0.1) is 0 Å². The molecule has 0 aliphatic carbocycles. The third-order valence-electron chi connectivity index (χ3n) is 3.61. The Hall–Kier alpha value is -2.78. The molecule has 0 atom stereocenters. The van der Waals surface area contributed by atoms with Gasteiger partial charge in [0, 0.05) is 16.7 Å². The summed E-state index contributed by atoms with van der Waals surface area (Å²) in [6, 6.07) is 28.0. The molecule has 0 unspecified atom stereocenters. The van der Waals surface area contributed by atoms with Crippen LogP contribution in [0.15, 0.2) is 95.9 Å². The summed E-state index contributed by atoms with van der Waals surface area (Å²) in [7, 11) is 0. The van der Waals surface area contributed by atoms with E-state index in [-0.39, 0.29) is 5.91 Å². The fourth-order valence-corrected chi connectivity index (χ4v) is 3.31. The van der Waals surface area contributed by atoms with Crippen molar-refractivity contribution in [3.8, 4) is 0 Å². The van der Waals surface area contributed by atoms with Gasteiger partial charge in [0.15, 0.2) is 0 Å². The van der Waals surface area contributed by atoms with Crippen LogP contribution in [0.5, 0.6) is 0 Å². The van der Waals surface area contributed by atoms with Gasteiger partial charge in [0.2, 0.25) is 5.91 Å². The Morgan fingerprint density at radius 2 is 1.48 bits per heavy atom. The number of benzene rings is 3. The zero-order valence-electron chi connectivity index (χ0n) is 13.8. The molecule has 0 aliphatic rings. The number of amides is 1. The lowest BCUT2D eigenvalue weighted by Gasteiger charge is -2.09. The Morgan fingerprint density at radius 3 is 2.24 bits per heavy atom. The third-order valence-corrected chi connectivity index (χ3v) is 4.75. The maximum atomic E-state index is 12.2. The van der Waals surface area contributed by atoms with Crippen LogP contribution in [0.1, 0.15) is 11.1 Å². The van der Waals surface area contributed by atoms with E-state index >= 15 is 0 Å². The summed E-state index contributed by atoms with van der Waals surface area (Å²) in [5.74, 6) is 0.740. The summed E-state index contributed by atoms with van der Waals surface area (Å²) in [4.78, 5) is 13.3. The summed E-state index contributed by atoms with van der Waals surface area (Å²) in [6.45, 7) is 0. The normalized spacial score (nSPS) is 10.7. The van der Waals surface area contributed by atoms with E-state index in [1.807, 2.05) is 78.9 Å². The third kappa shape index (κ3) is 5.37. The highest BCUT2D eigenvalue weighted by Gasteiger charge is 2.05. The van der Waals surface area contributed by atoms with E-state index < -0.39 is 0 Å². The minimum absolute atomic E-state index is 0.128. The standard InChI is InChI=1S/C22H19NOS/c24-22(16-15-18-9-3-1-4-10-18)23-20-13-7-8-14-21(20)25-17-19-11-5-2-6-12-19/h1-16H,17H2,(H,23,24)/b16-15+. The van der Waals surface area contributed by atoms with Crippen molar-refractivity contribution in [3.63, 3.8) is 0 Å². The van der Waals surface area contributed by atoms with Crippen molar-refractivity contribution >= 4 is 29.4 Å². The van der Waals surface area contributed by atoms with Gasteiger partial charge in [0.1, 0.15) is 0 Å². The zero-order valence-corrected chi connectivity index (χ0v) is 14.6. The van der Waals surface area contributed by atoms with E-state index in [9.17, 15) is 4.79 Å². The molecule has 0 heterocycles. The second-order valence-electron chi connectivity index (χ2n) is 5.50. The molecule has 3 heteroatoms. The molecule has 25 heavy (non-hydrogen) atoms. The average Bonchev–Trinajstić information content (AvgIpc) is 2.67. The molecule has 124 valence electrons. The van der Waals surface area contributed by atoms with Crippen LogP contribution in [-0.4, -0.2) is 5.91 Å². The molecule has 3 aromatic carbocycles. The van der Waals surface area contributed by atoms with Gasteiger partial charge < -0.3 is 5.32 Å². The maximum Gasteiger partial charge on any atom is 0.248 e. The van der Waals surface area contributed by atoms with Gasteiger partial charge in [-0.1, -0.05) is 72.8 Å². The molecule has 0 radical (unpaired) electrons. The first-order chi connectivity index (χ1) is 12.3. The molecule has 1 amide bonds. The number of anilines is 1. The van der Waals surface area contributed by atoms with E-state index in [0.29, 0.717) is 0 Å². The summed E-state index contributed by atoms with van der Waals surface area (Å²) in [5, 5.41) is 2.97. The predicted molar refractivity (Wildman–Crippen MR) is 107 cm³/mol. The molecule has 3 rings (SSSR count). The van der Waals surface area contributed by atoms with Crippen molar-refractivity contribution in [1.82, 2.24) is 0 Å². The molecule has 0 aliphatic heterocycles. The van der Waals surface area contributed by atoms with Gasteiger partial charge in [0.25, 0.3) is 0 Å². The Morgan fingerprint density at radius 1 is 0.840 bits per heavy atom. The van der Waals surface area contributed by atoms with Crippen LogP contribution < -0.4 is 5.32 Å². The lowest BCUT2D eigenvalue weighted by Crippen LogP contribution is -2.08. The van der Waals surface area contributed by atoms with Crippen molar-refractivity contribution < 1.29 is 4.79 Å². The first kappa shape index (κ1) is 17.1. The molecule has 0 saturated heterocycles. The second kappa shape index (κ2) is 8.90. The van der Waals surface area contributed by atoms with Crippen LogP contribution in [0.25, 0.3) is 6.08 Å². The topological polar surface area (TPSA) is 29.1 Å². The van der Waals surface area contributed by atoms with E-state index in [1.165, 1.54) is 5.56 Å².